The third-order valence-corrected chi connectivity index (χ3v) is 3.87. The Morgan fingerprint density at radius 3 is 3.17 bits per heavy atom. The van der Waals surface area contributed by atoms with E-state index in [4.69, 9.17) is 10.5 Å². The van der Waals surface area contributed by atoms with Crippen molar-refractivity contribution in [2.24, 2.45) is 11.7 Å². The summed E-state index contributed by atoms with van der Waals surface area (Å²) in [5.41, 5.74) is 7.31. The van der Waals surface area contributed by atoms with Crippen molar-refractivity contribution in [1.82, 2.24) is 10.3 Å². The molecule has 18 heavy (non-hydrogen) atoms. The average Bonchev–Trinajstić information content (AvgIpc) is 2.80. The second-order valence-corrected chi connectivity index (χ2v) is 5.03. The van der Waals surface area contributed by atoms with Crippen LogP contribution in [0, 0.1) is 12.8 Å². The van der Waals surface area contributed by atoms with Gasteiger partial charge in [-0.15, -0.1) is 0 Å². The number of fused-ring (bicyclic) bond motifs is 1. The number of carbonyl (C=O) groups excluding carboxylic acids is 1. The molecule has 2 fully saturated rings. The predicted octanol–water partition coefficient (Wildman–Crippen LogP) is 0.234. The van der Waals surface area contributed by atoms with Crippen molar-refractivity contribution in [1.29, 1.82) is 0 Å². The number of aryl methyl sites for hydroxylation is 1. The van der Waals surface area contributed by atoms with Crippen molar-refractivity contribution in [2.45, 2.75) is 31.5 Å². The van der Waals surface area contributed by atoms with Gasteiger partial charge in [0.2, 0.25) is 0 Å². The molecule has 4 atom stereocenters. The molecule has 96 valence electrons. The number of rotatable bonds is 2. The molecule has 4 unspecified atom stereocenters. The van der Waals surface area contributed by atoms with Gasteiger partial charge in [0.1, 0.15) is 5.69 Å². The molecule has 3 rings (SSSR count). The number of nitrogens with one attached hydrogen (secondary N) is 1. The van der Waals surface area contributed by atoms with E-state index in [1.54, 1.807) is 6.07 Å². The van der Waals surface area contributed by atoms with E-state index in [2.05, 4.69) is 10.3 Å². The van der Waals surface area contributed by atoms with Crippen LogP contribution in [0.25, 0.3) is 0 Å². The van der Waals surface area contributed by atoms with Crippen LogP contribution >= 0.6 is 0 Å². The van der Waals surface area contributed by atoms with Gasteiger partial charge in [-0.2, -0.15) is 0 Å². The number of nitrogens with zero attached hydrogens (tertiary/aromatic N) is 1. The average molecular weight is 247 g/mol. The summed E-state index contributed by atoms with van der Waals surface area (Å²) in [6.45, 7) is 2.61. The van der Waals surface area contributed by atoms with Crippen LogP contribution in [0.3, 0.4) is 0 Å². The number of pyridine rings is 1. The highest BCUT2D eigenvalue weighted by Crippen LogP contribution is 2.37. The monoisotopic (exact) mass is 247 g/mol. The van der Waals surface area contributed by atoms with Gasteiger partial charge in [0, 0.05) is 24.3 Å². The summed E-state index contributed by atoms with van der Waals surface area (Å²) in [7, 11) is 0. The molecule has 5 heteroatoms. The van der Waals surface area contributed by atoms with Crippen molar-refractivity contribution < 1.29 is 9.53 Å². The number of carbonyl (C=O) groups is 1. The zero-order valence-electron chi connectivity index (χ0n) is 10.3. The van der Waals surface area contributed by atoms with Gasteiger partial charge in [-0.05, 0) is 25.5 Å². The van der Waals surface area contributed by atoms with Crippen LogP contribution in [0.5, 0.6) is 0 Å². The second kappa shape index (κ2) is 4.33. The SMILES string of the molecule is Cc1cccc(C(=O)NC2C(N)C3CCOC32)n1. The third-order valence-electron chi connectivity index (χ3n) is 3.87. The Morgan fingerprint density at radius 1 is 1.56 bits per heavy atom. The van der Waals surface area contributed by atoms with Crippen LogP contribution in [-0.2, 0) is 4.74 Å². The Balaban J connectivity index is 1.68. The first-order chi connectivity index (χ1) is 8.66. The molecular weight excluding hydrogens is 230 g/mol. The minimum atomic E-state index is -0.173. The lowest BCUT2D eigenvalue weighted by Crippen LogP contribution is -2.69. The van der Waals surface area contributed by atoms with Crippen molar-refractivity contribution in [3.63, 3.8) is 0 Å². The summed E-state index contributed by atoms with van der Waals surface area (Å²) in [5, 5.41) is 2.93. The molecule has 1 saturated heterocycles. The largest absolute Gasteiger partial charge is 0.376 e. The first-order valence-electron chi connectivity index (χ1n) is 6.28. The molecule has 5 nitrogen and oxygen atoms in total. The molecule has 0 spiro atoms. The van der Waals surface area contributed by atoms with E-state index in [9.17, 15) is 4.79 Å². The molecule has 2 heterocycles. The summed E-state index contributed by atoms with van der Waals surface area (Å²) >= 11 is 0. The van der Waals surface area contributed by atoms with Crippen molar-refractivity contribution in [2.75, 3.05) is 6.61 Å². The maximum absolute atomic E-state index is 12.0. The van der Waals surface area contributed by atoms with E-state index in [0.717, 1.165) is 18.7 Å². The Labute approximate surface area is 106 Å². The number of amides is 1. The van der Waals surface area contributed by atoms with Gasteiger partial charge in [0.25, 0.3) is 5.91 Å². The number of hydrogen-bond donors (Lipinski definition) is 2. The molecule has 1 aliphatic carbocycles. The highest BCUT2D eigenvalue weighted by atomic mass is 16.5. The fourth-order valence-corrected chi connectivity index (χ4v) is 2.82. The summed E-state index contributed by atoms with van der Waals surface area (Å²) in [4.78, 5) is 16.3. The zero-order chi connectivity index (χ0) is 12.7. The van der Waals surface area contributed by atoms with Crippen LogP contribution in [0.15, 0.2) is 18.2 Å². The molecule has 2 aliphatic rings. The number of nitrogens with two attached hydrogens (primary N) is 1. The van der Waals surface area contributed by atoms with Crippen molar-refractivity contribution >= 4 is 5.91 Å². The van der Waals surface area contributed by atoms with Gasteiger partial charge in [-0.3, -0.25) is 4.79 Å². The van der Waals surface area contributed by atoms with Gasteiger partial charge in [-0.25, -0.2) is 4.98 Å². The predicted molar refractivity (Wildman–Crippen MR) is 66.1 cm³/mol. The first kappa shape index (κ1) is 11.6. The van der Waals surface area contributed by atoms with Crippen LogP contribution in [0.2, 0.25) is 0 Å². The summed E-state index contributed by atoms with van der Waals surface area (Å²) in [6.07, 6.45) is 1.09. The zero-order valence-corrected chi connectivity index (χ0v) is 10.3. The Morgan fingerprint density at radius 2 is 2.39 bits per heavy atom. The van der Waals surface area contributed by atoms with E-state index in [0.29, 0.717) is 11.6 Å². The molecule has 0 bridgehead atoms. The molecular formula is C13H17N3O2. The highest BCUT2D eigenvalue weighted by Gasteiger charge is 2.52. The Kier molecular flexibility index (Phi) is 2.80. The molecule has 0 aromatic carbocycles. The minimum absolute atomic E-state index is 0.00580. The molecule has 0 radical (unpaired) electrons. The van der Waals surface area contributed by atoms with E-state index in [-0.39, 0.29) is 24.1 Å². The van der Waals surface area contributed by atoms with E-state index in [1.807, 2.05) is 19.1 Å². The maximum Gasteiger partial charge on any atom is 0.270 e. The minimum Gasteiger partial charge on any atom is -0.376 e. The van der Waals surface area contributed by atoms with Gasteiger partial charge in [-0.1, -0.05) is 6.07 Å². The molecule has 1 aliphatic heterocycles. The Bertz CT molecular complexity index is 477. The van der Waals surface area contributed by atoms with Crippen LogP contribution < -0.4 is 11.1 Å². The van der Waals surface area contributed by atoms with Gasteiger partial charge >= 0.3 is 0 Å². The normalized spacial score (nSPS) is 33.7. The van der Waals surface area contributed by atoms with Gasteiger partial charge in [0.05, 0.1) is 12.1 Å². The number of hydrogen-bond acceptors (Lipinski definition) is 4. The van der Waals surface area contributed by atoms with Crippen LogP contribution in [-0.4, -0.2) is 35.7 Å². The standard InChI is InChI=1S/C13H17N3O2/c1-7-3-2-4-9(15-7)13(17)16-11-10(14)8-5-6-18-12(8)11/h2-4,8,10-12H,5-6,14H2,1H3,(H,16,17). The molecule has 1 amide bonds. The Hall–Kier alpha value is -1.46. The summed E-state index contributed by atoms with van der Waals surface area (Å²) in [6, 6.07) is 5.33. The molecule has 1 saturated carbocycles. The quantitative estimate of drug-likeness (QED) is 0.784. The lowest BCUT2D eigenvalue weighted by atomic mass is 9.72. The van der Waals surface area contributed by atoms with E-state index in [1.165, 1.54) is 0 Å². The fraction of sp³-hybridized carbons (Fsp3) is 0.538. The fourth-order valence-electron chi connectivity index (χ4n) is 2.82. The lowest BCUT2D eigenvalue weighted by Gasteiger charge is -2.45. The topological polar surface area (TPSA) is 77.2 Å². The van der Waals surface area contributed by atoms with Crippen LogP contribution in [0.1, 0.15) is 22.6 Å². The summed E-state index contributed by atoms with van der Waals surface area (Å²) in [5.74, 6) is 0.230. The van der Waals surface area contributed by atoms with Crippen molar-refractivity contribution in [3.8, 4) is 0 Å². The van der Waals surface area contributed by atoms with E-state index >= 15 is 0 Å². The smallest absolute Gasteiger partial charge is 0.270 e. The molecule has 3 N–H and O–H groups in total. The third kappa shape index (κ3) is 1.79. The van der Waals surface area contributed by atoms with Crippen LogP contribution in [0.4, 0.5) is 0 Å². The number of ether oxygens (including phenoxy) is 1. The maximum atomic E-state index is 12.0. The van der Waals surface area contributed by atoms with Gasteiger partial charge < -0.3 is 15.8 Å². The molecule has 1 aromatic heterocycles. The highest BCUT2D eigenvalue weighted by molar-refractivity contribution is 5.92. The molecule has 1 aromatic rings. The second-order valence-electron chi connectivity index (χ2n) is 5.03. The number of aromatic nitrogens is 1. The lowest BCUT2D eigenvalue weighted by molar-refractivity contribution is -0.0161. The van der Waals surface area contributed by atoms with Crippen molar-refractivity contribution in [3.05, 3.63) is 29.6 Å². The van der Waals surface area contributed by atoms with Gasteiger partial charge in [0.15, 0.2) is 0 Å². The van der Waals surface area contributed by atoms with E-state index < -0.39 is 0 Å². The first-order valence-corrected chi connectivity index (χ1v) is 6.28. The summed E-state index contributed by atoms with van der Waals surface area (Å²) < 4.78 is 5.58.